The van der Waals surface area contributed by atoms with Crippen LogP contribution in [-0.4, -0.2) is 42.2 Å². The molecule has 0 fully saturated rings. The maximum atomic E-state index is 12.7. The Morgan fingerprint density at radius 1 is 1.29 bits per heavy atom. The molecule has 1 aliphatic heterocycles. The highest BCUT2D eigenvalue weighted by molar-refractivity contribution is 5.80. The number of nitrogens with one attached hydrogen (secondary N) is 2. The van der Waals surface area contributed by atoms with Crippen LogP contribution in [0.3, 0.4) is 0 Å². The summed E-state index contributed by atoms with van der Waals surface area (Å²) < 4.78 is 13.5. The van der Waals surface area contributed by atoms with Crippen LogP contribution in [0.25, 0.3) is 28.2 Å². The lowest BCUT2D eigenvalue weighted by Crippen LogP contribution is -2.19. The predicted octanol–water partition coefficient (Wildman–Crippen LogP) is 2.44. The van der Waals surface area contributed by atoms with Gasteiger partial charge in [0.15, 0.2) is 5.65 Å². The first-order chi connectivity index (χ1) is 13.7. The number of pyridine rings is 2. The molecule has 5 rings (SSSR count). The summed E-state index contributed by atoms with van der Waals surface area (Å²) in [5.74, 6) is 1.47. The van der Waals surface area contributed by atoms with E-state index in [4.69, 9.17) is 9.47 Å². The largest absolute Gasteiger partial charge is 0.488 e. The molecule has 142 valence electrons. The number of fused-ring (bicyclic) bond motifs is 3. The Hall–Kier alpha value is -3.62. The van der Waals surface area contributed by atoms with Gasteiger partial charge < -0.3 is 14.5 Å². The summed E-state index contributed by atoms with van der Waals surface area (Å²) in [5.41, 5.74) is 2.26. The number of hydrogen-bond acceptors (Lipinski definition) is 6. The van der Waals surface area contributed by atoms with Crippen LogP contribution in [0.1, 0.15) is 19.8 Å². The Labute approximate surface area is 159 Å². The average molecular weight is 378 g/mol. The van der Waals surface area contributed by atoms with Crippen LogP contribution in [-0.2, 0) is 0 Å². The van der Waals surface area contributed by atoms with Crippen molar-refractivity contribution in [2.45, 2.75) is 25.9 Å². The minimum absolute atomic E-state index is 0.0366. The zero-order valence-corrected chi connectivity index (χ0v) is 15.2. The Bertz CT molecular complexity index is 1190. The highest BCUT2D eigenvalue weighted by Crippen LogP contribution is 2.31. The van der Waals surface area contributed by atoms with E-state index in [0.29, 0.717) is 35.2 Å². The summed E-state index contributed by atoms with van der Waals surface area (Å²) in [5, 5.41) is 0. The third kappa shape index (κ3) is 2.72. The molecule has 5 heterocycles. The molecule has 1 aliphatic rings. The van der Waals surface area contributed by atoms with Crippen LogP contribution in [0, 0.1) is 0 Å². The molecule has 0 unspecified atom stereocenters. The van der Waals surface area contributed by atoms with Crippen molar-refractivity contribution < 1.29 is 9.47 Å². The fraction of sp³-hybridized carbons (Fsp3) is 0.263. The van der Waals surface area contributed by atoms with Crippen LogP contribution >= 0.6 is 0 Å². The number of aromatic amines is 2. The number of imidazole rings is 2. The predicted molar refractivity (Wildman–Crippen MR) is 102 cm³/mol. The number of ether oxygens (including phenoxy) is 2. The van der Waals surface area contributed by atoms with E-state index in [-0.39, 0.29) is 11.8 Å². The van der Waals surface area contributed by atoms with Gasteiger partial charge in [0.1, 0.15) is 17.1 Å². The molecular weight excluding hydrogens is 360 g/mol. The van der Waals surface area contributed by atoms with Crippen LogP contribution in [0.15, 0.2) is 41.7 Å². The first kappa shape index (κ1) is 16.5. The van der Waals surface area contributed by atoms with E-state index in [2.05, 4.69) is 24.9 Å². The summed E-state index contributed by atoms with van der Waals surface area (Å²) in [7, 11) is 0. The number of aromatic nitrogens is 6. The maximum absolute atomic E-state index is 12.7. The molecule has 0 radical (unpaired) electrons. The van der Waals surface area contributed by atoms with Gasteiger partial charge in [-0.25, -0.2) is 19.3 Å². The van der Waals surface area contributed by atoms with Crippen molar-refractivity contribution in [2.24, 2.45) is 0 Å². The molecule has 9 heteroatoms. The highest BCUT2D eigenvalue weighted by atomic mass is 16.5. The van der Waals surface area contributed by atoms with E-state index in [1.807, 2.05) is 13.0 Å². The topological polar surface area (TPSA) is 111 Å². The van der Waals surface area contributed by atoms with E-state index in [0.717, 1.165) is 24.1 Å². The van der Waals surface area contributed by atoms with E-state index >= 15 is 0 Å². The van der Waals surface area contributed by atoms with Gasteiger partial charge in [0.2, 0.25) is 5.88 Å². The van der Waals surface area contributed by atoms with Crippen molar-refractivity contribution in [1.29, 1.82) is 0 Å². The molecule has 0 aromatic carbocycles. The lowest BCUT2D eigenvalue weighted by atomic mass is 10.2. The lowest BCUT2D eigenvalue weighted by Gasteiger charge is -2.18. The molecular formula is C19H18N6O3. The normalized spacial score (nSPS) is 16.7. The van der Waals surface area contributed by atoms with E-state index in [9.17, 15) is 4.79 Å². The summed E-state index contributed by atoms with van der Waals surface area (Å²) >= 11 is 0. The van der Waals surface area contributed by atoms with Crippen molar-refractivity contribution in [3.63, 3.8) is 0 Å². The summed E-state index contributed by atoms with van der Waals surface area (Å²) in [6.45, 7) is 2.49. The van der Waals surface area contributed by atoms with Gasteiger partial charge in [0, 0.05) is 12.3 Å². The van der Waals surface area contributed by atoms with Crippen LogP contribution in [0.4, 0.5) is 0 Å². The molecule has 9 nitrogen and oxygen atoms in total. The number of hydrogen-bond donors (Lipinski definition) is 2. The first-order valence-corrected chi connectivity index (χ1v) is 9.10. The molecule has 0 saturated heterocycles. The fourth-order valence-electron chi connectivity index (χ4n) is 3.40. The average Bonchev–Trinajstić information content (AvgIpc) is 3.32. The van der Waals surface area contributed by atoms with Gasteiger partial charge in [-0.1, -0.05) is 0 Å². The quantitative estimate of drug-likeness (QED) is 0.526. The molecule has 1 atom stereocenters. The first-order valence-electron chi connectivity index (χ1n) is 9.10. The van der Waals surface area contributed by atoms with Crippen LogP contribution < -0.4 is 15.2 Å². The van der Waals surface area contributed by atoms with E-state index in [1.165, 1.54) is 4.57 Å². The second-order valence-electron chi connectivity index (χ2n) is 6.68. The molecule has 4 aromatic heterocycles. The third-order valence-corrected chi connectivity index (χ3v) is 4.72. The molecule has 4 aromatic rings. The van der Waals surface area contributed by atoms with E-state index in [1.54, 1.807) is 30.9 Å². The summed E-state index contributed by atoms with van der Waals surface area (Å²) in [4.78, 5) is 31.5. The van der Waals surface area contributed by atoms with Gasteiger partial charge in [-0.15, -0.1) is 0 Å². The second kappa shape index (κ2) is 6.52. The molecule has 0 spiro atoms. The van der Waals surface area contributed by atoms with Crippen molar-refractivity contribution in [1.82, 2.24) is 29.5 Å². The van der Waals surface area contributed by atoms with Crippen molar-refractivity contribution in [2.75, 3.05) is 6.61 Å². The van der Waals surface area contributed by atoms with Gasteiger partial charge in [-0.2, -0.15) is 4.98 Å². The summed E-state index contributed by atoms with van der Waals surface area (Å²) in [6.07, 6.45) is 6.51. The van der Waals surface area contributed by atoms with Crippen molar-refractivity contribution >= 4 is 11.2 Å². The Balaban J connectivity index is 1.76. The van der Waals surface area contributed by atoms with Crippen molar-refractivity contribution in [3.05, 3.63) is 47.4 Å². The molecule has 2 N–H and O–H groups in total. The van der Waals surface area contributed by atoms with Gasteiger partial charge in [0.05, 0.1) is 36.5 Å². The van der Waals surface area contributed by atoms with Gasteiger partial charge in [-0.05, 0) is 31.9 Å². The zero-order chi connectivity index (χ0) is 19.1. The van der Waals surface area contributed by atoms with Gasteiger partial charge >= 0.3 is 5.69 Å². The second-order valence-corrected chi connectivity index (χ2v) is 6.68. The van der Waals surface area contributed by atoms with E-state index < -0.39 is 0 Å². The molecule has 28 heavy (non-hydrogen) atoms. The fourth-order valence-corrected chi connectivity index (χ4v) is 3.40. The standard InChI is InChI=1S/C19H18N6O3/c1-11-3-2-8-27-18-12(13-9-20-10-22-13)4-5-15(23-18)25-16-14(28-11)6-7-21-17(16)24-19(25)26/h4-7,9-11H,2-3,8H2,1H3,(H,20,22)(H,21,24,26)/t11-/m1/s1. The highest BCUT2D eigenvalue weighted by Gasteiger charge is 2.20. The zero-order valence-electron chi connectivity index (χ0n) is 15.2. The van der Waals surface area contributed by atoms with Crippen LogP contribution in [0.5, 0.6) is 11.6 Å². The Morgan fingerprint density at radius 2 is 2.21 bits per heavy atom. The third-order valence-electron chi connectivity index (χ3n) is 4.72. The molecule has 0 aliphatic carbocycles. The molecule has 0 amide bonds. The minimum atomic E-state index is -0.337. The number of nitrogens with zero attached hydrogens (tertiary/aromatic N) is 4. The molecule has 0 saturated carbocycles. The summed E-state index contributed by atoms with van der Waals surface area (Å²) in [6, 6.07) is 5.40. The van der Waals surface area contributed by atoms with Crippen molar-refractivity contribution in [3.8, 4) is 28.7 Å². The van der Waals surface area contributed by atoms with Gasteiger partial charge in [-0.3, -0.25) is 4.98 Å². The van der Waals surface area contributed by atoms with Gasteiger partial charge in [0.25, 0.3) is 0 Å². The number of H-pyrrole nitrogens is 2. The number of rotatable bonds is 1. The Kier molecular flexibility index (Phi) is 3.85. The maximum Gasteiger partial charge on any atom is 0.333 e. The minimum Gasteiger partial charge on any atom is -0.488 e. The molecule has 2 bridgehead atoms. The SMILES string of the molecule is C[C@@H]1CCCOc2nc(ccc2-c2cnc[nH]2)-n2c(=O)[nH]c3nccc(c32)O1. The lowest BCUT2D eigenvalue weighted by molar-refractivity contribution is 0.193. The Morgan fingerprint density at radius 3 is 3.07 bits per heavy atom. The van der Waals surface area contributed by atoms with Crippen LogP contribution in [0.2, 0.25) is 0 Å². The smallest absolute Gasteiger partial charge is 0.333 e. The monoisotopic (exact) mass is 378 g/mol.